The van der Waals surface area contributed by atoms with Crippen molar-refractivity contribution in [3.8, 4) is 11.5 Å². The molecule has 0 saturated carbocycles. The lowest BCUT2D eigenvalue weighted by atomic mass is 10.0. The zero-order valence-electron chi connectivity index (χ0n) is 34.6. The third-order valence-corrected chi connectivity index (χ3v) is 11.1. The zero-order valence-corrected chi connectivity index (χ0v) is 34.6. The van der Waals surface area contributed by atoms with E-state index in [9.17, 15) is 29.7 Å². The second kappa shape index (κ2) is 24.2. The third kappa shape index (κ3) is 15.6. The molecule has 2 heterocycles. The van der Waals surface area contributed by atoms with Crippen LogP contribution in [0.5, 0.6) is 11.5 Å². The van der Waals surface area contributed by atoms with Gasteiger partial charge in [0.1, 0.15) is 17.6 Å². The van der Waals surface area contributed by atoms with Crippen molar-refractivity contribution in [2.24, 2.45) is 5.10 Å². The van der Waals surface area contributed by atoms with Crippen molar-refractivity contribution >= 4 is 24.1 Å². The fourth-order valence-electron chi connectivity index (χ4n) is 7.42. The first-order valence-corrected chi connectivity index (χ1v) is 21.4. The molecule has 0 bridgehead atoms. The van der Waals surface area contributed by atoms with Crippen LogP contribution in [-0.2, 0) is 20.7 Å². The molecular formula is C46H63N5O8. The number of nitrogens with one attached hydrogen (secondary N) is 1. The van der Waals surface area contributed by atoms with Crippen molar-refractivity contribution < 1.29 is 39.2 Å². The number of phenolic OH excluding ortho intramolecular Hbond substituents is 2. The Morgan fingerprint density at radius 3 is 2.14 bits per heavy atom. The van der Waals surface area contributed by atoms with Crippen LogP contribution in [0.4, 0.5) is 4.79 Å². The summed E-state index contributed by atoms with van der Waals surface area (Å²) >= 11 is 0. The number of nitrogens with zero attached hydrogens (tertiary/aromatic N) is 4. The van der Waals surface area contributed by atoms with E-state index in [1.807, 2.05) is 31.2 Å². The maximum atomic E-state index is 13.5. The third-order valence-electron chi connectivity index (χ3n) is 11.1. The average Bonchev–Trinajstić information content (AvgIpc) is 3.60. The Kier molecular flexibility index (Phi) is 18.5. The molecule has 3 aromatic carbocycles. The number of benzene rings is 3. The van der Waals surface area contributed by atoms with Crippen molar-refractivity contribution in [2.45, 2.75) is 102 Å². The van der Waals surface area contributed by atoms with Gasteiger partial charge in [0.15, 0.2) is 0 Å². The number of aromatic hydroxyl groups is 2. The molecule has 0 aromatic heterocycles. The number of rotatable bonds is 24. The number of hydrogen-bond acceptors (Lipinski definition) is 10. The molecule has 3 amide bonds. The molecule has 3 atom stereocenters. The number of unbranched alkanes of at least 4 members (excludes halogenated alkanes) is 8. The first-order chi connectivity index (χ1) is 28.6. The van der Waals surface area contributed by atoms with Gasteiger partial charge in [-0.25, -0.2) is 4.79 Å². The van der Waals surface area contributed by atoms with Gasteiger partial charge in [0.2, 0.25) is 5.91 Å². The molecule has 2 aliphatic rings. The van der Waals surface area contributed by atoms with Gasteiger partial charge in [-0.15, -0.1) is 0 Å². The maximum Gasteiger partial charge on any atom is 0.430 e. The topological polar surface area (TPSA) is 164 Å². The van der Waals surface area contributed by atoms with Crippen LogP contribution in [0.2, 0.25) is 0 Å². The van der Waals surface area contributed by atoms with Gasteiger partial charge < -0.3 is 35.0 Å². The van der Waals surface area contributed by atoms with Gasteiger partial charge in [0.25, 0.3) is 5.91 Å². The number of morpholine rings is 1. The Labute approximate surface area is 349 Å². The minimum absolute atomic E-state index is 0.0377. The highest BCUT2D eigenvalue weighted by atomic mass is 16.6. The van der Waals surface area contributed by atoms with Gasteiger partial charge in [0, 0.05) is 44.2 Å². The van der Waals surface area contributed by atoms with Gasteiger partial charge in [0.05, 0.1) is 38.6 Å². The second-order valence-electron chi connectivity index (χ2n) is 15.8. The molecule has 2 aliphatic heterocycles. The lowest BCUT2D eigenvalue weighted by Gasteiger charge is -2.32. The fraction of sp³-hybridized carbons (Fsp3) is 0.522. The minimum atomic E-state index is -0.859. The Balaban J connectivity index is 0.905. The molecule has 59 heavy (non-hydrogen) atoms. The van der Waals surface area contributed by atoms with E-state index < -0.39 is 12.2 Å². The fourth-order valence-corrected chi connectivity index (χ4v) is 7.42. The maximum absolute atomic E-state index is 13.5. The number of phenols is 2. The van der Waals surface area contributed by atoms with Crippen molar-refractivity contribution in [1.82, 2.24) is 20.1 Å². The molecule has 0 radical (unpaired) electrons. The van der Waals surface area contributed by atoms with E-state index in [0.717, 1.165) is 94.8 Å². The summed E-state index contributed by atoms with van der Waals surface area (Å²) in [7, 11) is 0. The molecule has 3 aromatic rings. The normalized spacial score (nSPS) is 16.9. The first kappa shape index (κ1) is 45.1. The predicted octanol–water partition coefficient (Wildman–Crippen LogP) is 6.80. The van der Waals surface area contributed by atoms with Crippen LogP contribution >= 0.6 is 0 Å². The quantitative estimate of drug-likeness (QED) is 0.0563. The monoisotopic (exact) mass is 813 g/mol. The largest absolute Gasteiger partial charge is 0.508 e. The highest BCUT2D eigenvalue weighted by Crippen LogP contribution is 2.22. The summed E-state index contributed by atoms with van der Waals surface area (Å²) in [5, 5.41) is 38.9. The van der Waals surface area contributed by atoms with Gasteiger partial charge in [-0.3, -0.25) is 14.5 Å². The van der Waals surface area contributed by atoms with Crippen molar-refractivity contribution in [2.75, 3.05) is 52.5 Å². The van der Waals surface area contributed by atoms with Gasteiger partial charge in [-0.05, 0) is 85.7 Å². The molecule has 3 unspecified atom stereocenters. The number of aryl methyl sites for hydroxylation is 1. The molecule has 320 valence electrons. The lowest BCUT2D eigenvalue weighted by molar-refractivity contribution is -0.135. The second-order valence-corrected chi connectivity index (χ2v) is 15.8. The van der Waals surface area contributed by atoms with Crippen molar-refractivity contribution in [1.29, 1.82) is 0 Å². The number of hydrazone groups is 1. The molecule has 4 N–H and O–H groups in total. The van der Waals surface area contributed by atoms with Crippen LogP contribution in [0, 0.1) is 0 Å². The first-order valence-electron chi connectivity index (χ1n) is 21.4. The summed E-state index contributed by atoms with van der Waals surface area (Å²) in [6, 6.07) is 20.6. The summed E-state index contributed by atoms with van der Waals surface area (Å²) in [6.07, 6.45) is 11.3. The average molecular weight is 814 g/mol. The molecule has 2 fully saturated rings. The summed E-state index contributed by atoms with van der Waals surface area (Å²) < 4.78 is 10.9. The number of aliphatic hydroxyl groups excluding tert-OH is 1. The van der Waals surface area contributed by atoms with Gasteiger partial charge in [-0.2, -0.15) is 10.1 Å². The van der Waals surface area contributed by atoms with Crippen LogP contribution in [-0.4, -0.2) is 119 Å². The molecule has 0 aliphatic carbocycles. The Morgan fingerprint density at radius 2 is 1.47 bits per heavy atom. The number of carbonyl (C=O) groups is 3. The van der Waals surface area contributed by atoms with Crippen LogP contribution < -0.4 is 5.32 Å². The van der Waals surface area contributed by atoms with Crippen LogP contribution in [0.15, 0.2) is 77.9 Å². The lowest BCUT2D eigenvalue weighted by Crippen LogP contribution is -2.41. The standard InChI is InChI=1S/C46H63N5O8/c1-35(12-13-36-16-22-40(52)23-17-36)50(34-43(54)38-20-24-41(53)25-21-38)44(55)11-9-7-5-3-2-4-6-8-10-26-47-45(56)39-18-14-37(15-19-39)31-48-51-33-42(59-46(51)57)32-49-27-29-58-30-28-49/h14-25,31,35,42-43,52-54H,2-13,26-30,32-34H2,1H3,(H,47,56)/b48-31+. The molecule has 0 spiro atoms. The van der Waals surface area contributed by atoms with Crippen LogP contribution in [0.3, 0.4) is 0 Å². The Bertz CT molecular complexity index is 1750. The Morgan fingerprint density at radius 1 is 0.864 bits per heavy atom. The minimum Gasteiger partial charge on any atom is -0.508 e. The zero-order chi connectivity index (χ0) is 41.8. The van der Waals surface area contributed by atoms with E-state index in [0.29, 0.717) is 50.4 Å². The number of cyclic esters (lactones) is 1. The predicted molar refractivity (Wildman–Crippen MR) is 227 cm³/mol. The number of carbonyl (C=O) groups excluding carboxylic acids is 3. The molecule has 5 rings (SSSR count). The van der Waals surface area contributed by atoms with E-state index in [4.69, 9.17) is 9.47 Å². The summed E-state index contributed by atoms with van der Waals surface area (Å²) in [4.78, 5) is 42.4. The van der Waals surface area contributed by atoms with Crippen molar-refractivity contribution in [3.63, 3.8) is 0 Å². The Hall–Kier alpha value is -4.98. The smallest absolute Gasteiger partial charge is 0.430 e. The van der Waals surface area contributed by atoms with Crippen molar-refractivity contribution in [3.05, 3.63) is 95.1 Å². The van der Waals surface area contributed by atoms with Crippen LogP contribution in [0.1, 0.15) is 111 Å². The van der Waals surface area contributed by atoms with E-state index in [-0.39, 0.29) is 42.0 Å². The highest BCUT2D eigenvalue weighted by molar-refractivity contribution is 5.95. The number of hydrogen-bond donors (Lipinski definition) is 4. The van der Waals surface area contributed by atoms with Gasteiger partial charge in [-0.1, -0.05) is 81.3 Å². The van der Waals surface area contributed by atoms with E-state index in [1.54, 1.807) is 59.6 Å². The summed E-state index contributed by atoms with van der Waals surface area (Å²) in [5.74, 6) is 0.280. The number of aliphatic hydroxyl groups is 1. The van der Waals surface area contributed by atoms with E-state index >= 15 is 0 Å². The SMILES string of the molecule is CC(CCc1ccc(O)cc1)N(CC(O)c1ccc(O)cc1)C(=O)CCCCCCCCCCCNC(=O)c1ccc(/C=N/N2CC(CN3CCOCC3)OC2=O)cc1. The van der Waals surface area contributed by atoms with E-state index in [1.165, 1.54) is 5.01 Å². The van der Waals surface area contributed by atoms with Gasteiger partial charge >= 0.3 is 6.09 Å². The molecule has 2 saturated heterocycles. The number of ether oxygens (including phenoxy) is 2. The number of amides is 3. The molecular weight excluding hydrogens is 751 g/mol. The summed E-state index contributed by atoms with van der Waals surface area (Å²) in [5.41, 5.74) is 3.10. The highest BCUT2D eigenvalue weighted by Gasteiger charge is 2.32. The van der Waals surface area contributed by atoms with E-state index in [2.05, 4.69) is 15.3 Å². The van der Waals surface area contributed by atoms with Crippen LogP contribution in [0.25, 0.3) is 0 Å². The summed E-state index contributed by atoms with van der Waals surface area (Å²) in [6.45, 7) is 6.96. The molecule has 13 heteroatoms. The molecule has 13 nitrogen and oxygen atoms in total.